The molecule has 2 aromatic heterocycles. The minimum absolute atomic E-state index is 0. The molecule has 2 aliphatic rings. The van der Waals surface area contributed by atoms with Crippen LogP contribution in [0.5, 0.6) is 5.75 Å². The van der Waals surface area contributed by atoms with E-state index in [-0.39, 0.29) is 36.3 Å². The molecule has 1 fully saturated rings. The highest BCUT2D eigenvalue weighted by Crippen LogP contribution is 2.31. The summed E-state index contributed by atoms with van der Waals surface area (Å²) in [6.45, 7) is 4.40. The molecule has 4 heterocycles. The maximum absolute atomic E-state index is 13.0. The molecule has 0 aliphatic carbocycles. The molecule has 0 unspecified atom stereocenters. The predicted octanol–water partition coefficient (Wildman–Crippen LogP) is 4.73. The van der Waals surface area contributed by atoms with Crippen LogP contribution in [0.15, 0.2) is 71.7 Å². The summed E-state index contributed by atoms with van der Waals surface area (Å²) in [5, 5.41) is 1.15. The molecule has 1 amide bonds. The second kappa shape index (κ2) is 12.3. The molecule has 7 nitrogen and oxygen atoms in total. The van der Waals surface area contributed by atoms with Crippen molar-refractivity contribution >= 4 is 41.6 Å². The normalized spacial score (nSPS) is 14.9. The predicted molar refractivity (Wildman–Crippen MR) is 159 cm³/mol. The van der Waals surface area contributed by atoms with Crippen LogP contribution < -0.4 is 10.3 Å². The van der Waals surface area contributed by atoms with Crippen molar-refractivity contribution in [3.05, 3.63) is 94.0 Å². The summed E-state index contributed by atoms with van der Waals surface area (Å²) in [5.74, 6) is 0.779. The van der Waals surface area contributed by atoms with Crippen LogP contribution in [-0.4, -0.2) is 51.0 Å². The van der Waals surface area contributed by atoms with Gasteiger partial charge in [-0.25, -0.2) is 0 Å². The number of likely N-dealkylation sites (tertiary alicyclic amines) is 1. The van der Waals surface area contributed by atoms with Crippen molar-refractivity contribution < 1.29 is 9.53 Å². The lowest BCUT2D eigenvalue weighted by Gasteiger charge is -2.29. The summed E-state index contributed by atoms with van der Waals surface area (Å²) in [5.41, 5.74) is 5.31. The molecule has 0 saturated carbocycles. The van der Waals surface area contributed by atoms with Gasteiger partial charge in [0.05, 0.1) is 17.7 Å². The molecule has 39 heavy (non-hydrogen) atoms. The van der Waals surface area contributed by atoms with Crippen LogP contribution >= 0.6 is 24.8 Å². The van der Waals surface area contributed by atoms with Gasteiger partial charge in [0.1, 0.15) is 12.4 Å². The molecular formula is C30H34Cl2N4O3. The first-order valence-corrected chi connectivity index (χ1v) is 13.1. The number of amides is 1. The van der Waals surface area contributed by atoms with Crippen LogP contribution in [0, 0.1) is 0 Å². The molecule has 0 bridgehead atoms. The summed E-state index contributed by atoms with van der Waals surface area (Å²) < 4.78 is 9.69. The molecule has 1 saturated heterocycles. The van der Waals surface area contributed by atoms with Gasteiger partial charge >= 0.3 is 0 Å². The van der Waals surface area contributed by atoms with Crippen molar-refractivity contribution in [1.29, 1.82) is 0 Å². The number of ether oxygens (including phenoxy) is 1. The first kappa shape index (κ1) is 28.7. The second-order valence-electron chi connectivity index (χ2n) is 10.1. The Balaban J connectivity index is 0.00000176. The van der Waals surface area contributed by atoms with E-state index in [1.54, 1.807) is 10.8 Å². The Morgan fingerprint density at radius 3 is 2.46 bits per heavy atom. The number of hydrogen-bond donors (Lipinski definition) is 0. The van der Waals surface area contributed by atoms with Crippen LogP contribution in [0.2, 0.25) is 0 Å². The van der Waals surface area contributed by atoms with Gasteiger partial charge in [-0.15, -0.1) is 24.8 Å². The average Bonchev–Trinajstić information content (AvgIpc) is 3.54. The molecule has 0 atom stereocenters. The topological polar surface area (TPSA) is 59.7 Å². The van der Waals surface area contributed by atoms with Gasteiger partial charge in [-0.3, -0.25) is 19.1 Å². The molecule has 4 aromatic rings. The monoisotopic (exact) mass is 568 g/mol. The summed E-state index contributed by atoms with van der Waals surface area (Å²) in [4.78, 5) is 30.2. The zero-order chi connectivity index (χ0) is 25.4. The number of carbonyl (C=O) groups excluding carboxylic acids is 1. The largest absolute Gasteiger partial charge is 0.489 e. The Labute approximate surface area is 240 Å². The van der Waals surface area contributed by atoms with Crippen molar-refractivity contribution in [3.8, 4) is 11.4 Å². The van der Waals surface area contributed by atoms with Gasteiger partial charge in [0, 0.05) is 55.5 Å². The Hall–Kier alpha value is -3.26. The number of aryl methyl sites for hydroxylation is 1. The van der Waals surface area contributed by atoms with Crippen molar-refractivity contribution in [1.82, 2.24) is 18.9 Å². The van der Waals surface area contributed by atoms with E-state index >= 15 is 0 Å². The molecule has 2 aromatic carbocycles. The number of nitrogens with zero attached hydrogens (tertiary/aromatic N) is 4. The number of benzene rings is 2. The first-order chi connectivity index (χ1) is 18.1. The number of aromatic nitrogens is 2. The fourth-order valence-corrected chi connectivity index (χ4v) is 5.66. The summed E-state index contributed by atoms with van der Waals surface area (Å²) in [7, 11) is 2.08. The van der Waals surface area contributed by atoms with E-state index in [4.69, 9.17) is 4.74 Å². The SMILES string of the molecule is Cl.Cl.Cn1c2c(c3ccc(-n4ccc(OCc5ccccc5)cc4=O)cc31)CN(C(=O)CN1CCCC1)CC2. The molecule has 0 spiro atoms. The fourth-order valence-electron chi connectivity index (χ4n) is 5.66. The van der Waals surface area contributed by atoms with Crippen LogP contribution in [0.3, 0.4) is 0 Å². The van der Waals surface area contributed by atoms with Crippen LogP contribution in [0.25, 0.3) is 16.6 Å². The van der Waals surface area contributed by atoms with Crippen molar-refractivity contribution in [2.45, 2.75) is 32.4 Å². The minimum Gasteiger partial charge on any atom is -0.489 e. The van der Waals surface area contributed by atoms with Crippen LogP contribution in [0.4, 0.5) is 0 Å². The standard InChI is InChI=1S/C30H32N4O3.2ClH/c1-31-27-12-15-33(30(36)20-32-13-5-6-14-32)19-26(27)25-10-9-23(17-28(25)31)34-16-11-24(18-29(34)35)37-21-22-7-3-2-4-8-22;;/h2-4,7-11,16-18H,5-6,12-15,19-21H2,1H3;2*1H. The van der Waals surface area contributed by atoms with Gasteiger partial charge in [-0.1, -0.05) is 36.4 Å². The highest BCUT2D eigenvalue weighted by molar-refractivity contribution is 5.88. The van der Waals surface area contributed by atoms with E-state index in [9.17, 15) is 9.59 Å². The van der Waals surface area contributed by atoms with Crippen LogP contribution in [-0.2, 0) is 31.4 Å². The first-order valence-electron chi connectivity index (χ1n) is 13.1. The Morgan fingerprint density at radius 2 is 1.72 bits per heavy atom. The number of carbonyl (C=O) groups is 1. The van der Waals surface area contributed by atoms with Crippen molar-refractivity contribution in [2.24, 2.45) is 7.05 Å². The third kappa shape index (κ3) is 5.86. The summed E-state index contributed by atoms with van der Waals surface area (Å²) in [6.07, 6.45) is 4.99. The van der Waals surface area contributed by atoms with Gasteiger partial charge in [-0.2, -0.15) is 0 Å². The van der Waals surface area contributed by atoms with Gasteiger partial charge in [0.15, 0.2) is 0 Å². The Morgan fingerprint density at radius 1 is 0.949 bits per heavy atom. The second-order valence-corrected chi connectivity index (χ2v) is 10.1. The van der Waals surface area contributed by atoms with E-state index in [1.165, 1.54) is 30.2 Å². The van der Waals surface area contributed by atoms with E-state index in [2.05, 4.69) is 28.6 Å². The van der Waals surface area contributed by atoms with E-state index < -0.39 is 0 Å². The molecule has 9 heteroatoms. The number of fused-ring (bicyclic) bond motifs is 3. The van der Waals surface area contributed by atoms with Gasteiger partial charge in [-0.05, 0) is 49.7 Å². The summed E-state index contributed by atoms with van der Waals surface area (Å²) in [6, 6.07) is 19.4. The quantitative estimate of drug-likeness (QED) is 0.337. The van der Waals surface area contributed by atoms with Gasteiger partial charge < -0.3 is 14.2 Å². The third-order valence-corrected chi connectivity index (χ3v) is 7.72. The number of rotatable bonds is 6. The van der Waals surface area contributed by atoms with Crippen LogP contribution in [0.1, 0.15) is 29.7 Å². The van der Waals surface area contributed by atoms with Crippen molar-refractivity contribution in [2.75, 3.05) is 26.2 Å². The highest BCUT2D eigenvalue weighted by Gasteiger charge is 2.27. The Bertz CT molecular complexity index is 1510. The molecule has 206 valence electrons. The lowest BCUT2D eigenvalue weighted by Crippen LogP contribution is -2.42. The maximum Gasteiger partial charge on any atom is 0.258 e. The molecule has 0 N–H and O–H groups in total. The Kier molecular flexibility index (Phi) is 9.05. The van der Waals surface area contributed by atoms with E-state index in [1.807, 2.05) is 47.4 Å². The number of halogens is 2. The lowest BCUT2D eigenvalue weighted by atomic mass is 10.0. The molecule has 0 radical (unpaired) electrons. The number of pyridine rings is 1. The zero-order valence-electron chi connectivity index (χ0n) is 22.0. The summed E-state index contributed by atoms with van der Waals surface area (Å²) >= 11 is 0. The average molecular weight is 570 g/mol. The molecule has 2 aliphatic heterocycles. The minimum atomic E-state index is -0.137. The number of hydrogen-bond acceptors (Lipinski definition) is 4. The van der Waals surface area contributed by atoms with Gasteiger partial charge in [0.25, 0.3) is 5.56 Å². The smallest absolute Gasteiger partial charge is 0.258 e. The molecule has 6 rings (SSSR count). The lowest BCUT2D eigenvalue weighted by molar-refractivity contribution is -0.133. The van der Waals surface area contributed by atoms with Crippen molar-refractivity contribution in [3.63, 3.8) is 0 Å². The van der Waals surface area contributed by atoms with Gasteiger partial charge in [0.2, 0.25) is 5.91 Å². The molecular weight excluding hydrogens is 535 g/mol. The third-order valence-electron chi connectivity index (χ3n) is 7.72. The van der Waals surface area contributed by atoms with E-state index in [0.717, 1.165) is 48.2 Å². The fraction of sp³-hybridized carbons (Fsp3) is 0.333. The highest BCUT2D eigenvalue weighted by atomic mass is 35.5. The maximum atomic E-state index is 13.0. The zero-order valence-corrected chi connectivity index (χ0v) is 23.7. The van der Waals surface area contributed by atoms with E-state index in [0.29, 0.717) is 25.4 Å².